The fourth-order valence-electron chi connectivity index (χ4n) is 2.66. The molecular weight excluding hydrogens is 228 g/mol. The molecule has 1 aromatic rings. The number of likely N-dealkylation sites (N-methyl/N-ethyl adjacent to an activating group) is 1. The van der Waals surface area contributed by atoms with Crippen LogP contribution in [0.3, 0.4) is 0 Å². The van der Waals surface area contributed by atoms with Crippen LogP contribution < -0.4 is 15.0 Å². The van der Waals surface area contributed by atoms with E-state index in [-0.39, 0.29) is 12.5 Å². The number of ether oxygens (including phenoxy) is 1. The first kappa shape index (κ1) is 11.5. The van der Waals surface area contributed by atoms with Gasteiger partial charge in [0.05, 0.1) is 5.69 Å². The van der Waals surface area contributed by atoms with Gasteiger partial charge in [-0.2, -0.15) is 0 Å². The summed E-state index contributed by atoms with van der Waals surface area (Å²) in [6.07, 6.45) is 3.55. The van der Waals surface area contributed by atoms with Gasteiger partial charge in [0.25, 0.3) is 5.91 Å². The SMILES string of the molecule is CN1C(=O)COc2cc(CC3CCCN3)ccc21. The minimum Gasteiger partial charge on any atom is -0.482 e. The van der Waals surface area contributed by atoms with Crippen LogP contribution in [0.4, 0.5) is 5.69 Å². The molecule has 2 aliphatic rings. The van der Waals surface area contributed by atoms with Crippen LogP contribution in [0.2, 0.25) is 0 Å². The molecule has 2 aliphatic heterocycles. The minimum absolute atomic E-state index is 0.00714. The number of nitrogens with zero attached hydrogens (tertiary/aromatic N) is 1. The Hall–Kier alpha value is -1.55. The summed E-state index contributed by atoms with van der Waals surface area (Å²) in [5.74, 6) is 0.834. The van der Waals surface area contributed by atoms with Crippen molar-refractivity contribution in [3.63, 3.8) is 0 Å². The van der Waals surface area contributed by atoms with Crippen LogP contribution in [-0.4, -0.2) is 32.1 Å². The standard InChI is InChI=1S/C14H18N2O2/c1-16-12-5-4-10(7-11-3-2-6-15-11)8-13(12)18-9-14(16)17/h4-5,8,11,15H,2-3,6-7,9H2,1H3. The van der Waals surface area contributed by atoms with Crippen LogP contribution in [0.5, 0.6) is 5.75 Å². The lowest BCUT2D eigenvalue weighted by atomic mass is 10.0. The largest absolute Gasteiger partial charge is 0.482 e. The average molecular weight is 246 g/mol. The molecule has 1 aromatic carbocycles. The maximum Gasteiger partial charge on any atom is 0.264 e. The molecule has 0 saturated carbocycles. The van der Waals surface area contributed by atoms with E-state index in [1.807, 2.05) is 6.07 Å². The molecule has 4 nitrogen and oxygen atoms in total. The number of hydrogen-bond acceptors (Lipinski definition) is 3. The lowest BCUT2D eigenvalue weighted by Gasteiger charge is -2.26. The third-order valence-corrected chi connectivity index (χ3v) is 3.76. The molecular formula is C14H18N2O2. The van der Waals surface area contributed by atoms with E-state index in [1.165, 1.54) is 18.4 Å². The van der Waals surface area contributed by atoms with Crippen LogP contribution in [-0.2, 0) is 11.2 Å². The number of hydrogen-bond donors (Lipinski definition) is 1. The van der Waals surface area contributed by atoms with E-state index in [9.17, 15) is 4.79 Å². The summed E-state index contributed by atoms with van der Waals surface area (Å²) in [7, 11) is 1.79. The number of fused-ring (bicyclic) bond motifs is 1. The molecule has 0 aromatic heterocycles. The molecule has 0 radical (unpaired) electrons. The Morgan fingerprint density at radius 1 is 1.50 bits per heavy atom. The molecule has 1 unspecified atom stereocenters. The van der Waals surface area contributed by atoms with Gasteiger partial charge < -0.3 is 15.0 Å². The van der Waals surface area contributed by atoms with Crippen molar-refractivity contribution in [2.75, 3.05) is 25.1 Å². The van der Waals surface area contributed by atoms with Gasteiger partial charge in [-0.3, -0.25) is 4.79 Å². The molecule has 0 aliphatic carbocycles. The first-order valence-corrected chi connectivity index (χ1v) is 6.50. The molecule has 3 rings (SSSR count). The molecule has 1 atom stereocenters. The van der Waals surface area contributed by atoms with Crippen molar-refractivity contribution in [1.82, 2.24) is 5.32 Å². The second-order valence-electron chi connectivity index (χ2n) is 5.04. The van der Waals surface area contributed by atoms with Crippen molar-refractivity contribution in [2.45, 2.75) is 25.3 Å². The van der Waals surface area contributed by atoms with Gasteiger partial charge in [-0.05, 0) is 43.5 Å². The van der Waals surface area contributed by atoms with Crippen molar-refractivity contribution < 1.29 is 9.53 Å². The molecule has 18 heavy (non-hydrogen) atoms. The summed E-state index contributed by atoms with van der Waals surface area (Å²) in [6.45, 7) is 1.28. The smallest absolute Gasteiger partial charge is 0.264 e. The van der Waals surface area contributed by atoms with Gasteiger partial charge in [0.2, 0.25) is 0 Å². The quantitative estimate of drug-likeness (QED) is 0.856. The molecule has 1 amide bonds. The number of nitrogens with one attached hydrogen (secondary N) is 1. The molecule has 1 N–H and O–H groups in total. The minimum atomic E-state index is 0.00714. The van der Waals surface area contributed by atoms with Crippen LogP contribution in [0, 0.1) is 0 Å². The van der Waals surface area contributed by atoms with Crippen molar-refractivity contribution in [2.24, 2.45) is 0 Å². The predicted octanol–water partition coefficient (Wildman–Crippen LogP) is 1.34. The Morgan fingerprint density at radius 2 is 2.39 bits per heavy atom. The van der Waals surface area contributed by atoms with Crippen LogP contribution in [0.25, 0.3) is 0 Å². The van der Waals surface area contributed by atoms with E-state index < -0.39 is 0 Å². The highest BCUT2D eigenvalue weighted by Crippen LogP contribution is 2.32. The highest BCUT2D eigenvalue weighted by atomic mass is 16.5. The lowest BCUT2D eigenvalue weighted by Crippen LogP contribution is -2.35. The summed E-state index contributed by atoms with van der Waals surface area (Å²) in [4.78, 5) is 13.2. The van der Waals surface area contributed by atoms with E-state index in [4.69, 9.17) is 4.74 Å². The van der Waals surface area contributed by atoms with Gasteiger partial charge in [0.1, 0.15) is 5.75 Å². The number of rotatable bonds is 2. The van der Waals surface area contributed by atoms with E-state index in [0.29, 0.717) is 6.04 Å². The third-order valence-electron chi connectivity index (χ3n) is 3.76. The maximum atomic E-state index is 11.5. The second kappa shape index (κ2) is 4.61. The zero-order valence-electron chi connectivity index (χ0n) is 10.6. The molecule has 1 fully saturated rings. The molecule has 0 bridgehead atoms. The number of amides is 1. The monoisotopic (exact) mass is 246 g/mol. The number of carbonyl (C=O) groups is 1. The van der Waals surface area contributed by atoms with E-state index in [2.05, 4.69) is 17.4 Å². The normalized spacial score (nSPS) is 22.8. The highest BCUT2D eigenvalue weighted by Gasteiger charge is 2.23. The van der Waals surface area contributed by atoms with Gasteiger partial charge >= 0.3 is 0 Å². The number of carbonyl (C=O) groups excluding carboxylic acids is 1. The summed E-state index contributed by atoms with van der Waals surface area (Å²) in [6, 6.07) is 6.73. The first-order chi connectivity index (χ1) is 8.74. The van der Waals surface area contributed by atoms with Gasteiger partial charge in [0, 0.05) is 13.1 Å². The predicted molar refractivity (Wildman–Crippen MR) is 70.1 cm³/mol. The summed E-state index contributed by atoms with van der Waals surface area (Å²) >= 11 is 0. The Morgan fingerprint density at radius 3 is 3.17 bits per heavy atom. The van der Waals surface area contributed by atoms with Gasteiger partial charge in [-0.15, -0.1) is 0 Å². The van der Waals surface area contributed by atoms with E-state index >= 15 is 0 Å². The van der Waals surface area contributed by atoms with E-state index in [1.54, 1.807) is 11.9 Å². The molecule has 96 valence electrons. The average Bonchev–Trinajstić information content (AvgIpc) is 2.87. The molecule has 4 heteroatoms. The zero-order chi connectivity index (χ0) is 12.5. The van der Waals surface area contributed by atoms with Gasteiger partial charge in [-0.1, -0.05) is 6.07 Å². The molecule has 1 saturated heterocycles. The van der Waals surface area contributed by atoms with Crippen LogP contribution in [0.15, 0.2) is 18.2 Å². The number of benzene rings is 1. The summed E-state index contributed by atoms with van der Waals surface area (Å²) in [5, 5.41) is 3.50. The van der Waals surface area contributed by atoms with E-state index in [0.717, 1.165) is 24.4 Å². The topological polar surface area (TPSA) is 41.6 Å². The van der Waals surface area contributed by atoms with Crippen molar-refractivity contribution in [3.05, 3.63) is 23.8 Å². The van der Waals surface area contributed by atoms with Crippen molar-refractivity contribution in [1.29, 1.82) is 0 Å². The number of anilines is 1. The summed E-state index contributed by atoms with van der Waals surface area (Å²) in [5.41, 5.74) is 2.14. The summed E-state index contributed by atoms with van der Waals surface area (Å²) < 4.78 is 5.50. The highest BCUT2D eigenvalue weighted by molar-refractivity contribution is 5.97. The van der Waals surface area contributed by atoms with Crippen molar-refractivity contribution in [3.8, 4) is 5.75 Å². The van der Waals surface area contributed by atoms with Gasteiger partial charge in [0.15, 0.2) is 6.61 Å². The maximum absolute atomic E-state index is 11.5. The van der Waals surface area contributed by atoms with Crippen LogP contribution in [0.1, 0.15) is 18.4 Å². The fourth-order valence-corrected chi connectivity index (χ4v) is 2.66. The third kappa shape index (κ3) is 2.08. The Kier molecular flexibility index (Phi) is 2.96. The second-order valence-corrected chi connectivity index (χ2v) is 5.04. The Bertz CT molecular complexity index is 467. The van der Waals surface area contributed by atoms with Crippen molar-refractivity contribution >= 4 is 11.6 Å². The first-order valence-electron chi connectivity index (χ1n) is 6.50. The fraction of sp³-hybridized carbons (Fsp3) is 0.500. The Labute approximate surface area is 107 Å². The lowest BCUT2D eigenvalue weighted by molar-refractivity contribution is -0.120. The molecule has 2 heterocycles. The van der Waals surface area contributed by atoms with Crippen LogP contribution >= 0.6 is 0 Å². The van der Waals surface area contributed by atoms with Gasteiger partial charge in [-0.25, -0.2) is 0 Å². The zero-order valence-corrected chi connectivity index (χ0v) is 10.6. The Balaban J connectivity index is 1.80. The molecule has 0 spiro atoms.